The Bertz CT molecular complexity index is 974. The summed E-state index contributed by atoms with van der Waals surface area (Å²) in [5, 5.41) is 4.54. The van der Waals surface area contributed by atoms with Gasteiger partial charge in [-0.2, -0.15) is 9.41 Å². The van der Waals surface area contributed by atoms with E-state index >= 15 is 0 Å². The molecule has 8 heteroatoms. The summed E-state index contributed by atoms with van der Waals surface area (Å²) >= 11 is 5.91. The lowest BCUT2D eigenvalue weighted by Crippen LogP contribution is -2.44. The average Bonchev–Trinajstić information content (AvgIpc) is 2.68. The first-order chi connectivity index (χ1) is 13.4. The van der Waals surface area contributed by atoms with Gasteiger partial charge in [-0.3, -0.25) is 4.79 Å². The quantitative estimate of drug-likeness (QED) is 0.597. The van der Waals surface area contributed by atoms with E-state index in [0.29, 0.717) is 24.4 Å². The van der Waals surface area contributed by atoms with E-state index in [-0.39, 0.29) is 17.3 Å². The number of piperidine rings is 1. The molecule has 1 aliphatic rings. The summed E-state index contributed by atoms with van der Waals surface area (Å²) in [6.45, 7) is 2.46. The van der Waals surface area contributed by atoms with Crippen molar-refractivity contribution in [3.8, 4) is 0 Å². The largest absolute Gasteiger partial charge is 0.273 e. The van der Waals surface area contributed by atoms with Gasteiger partial charge in [0.05, 0.1) is 17.0 Å². The number of amides is 1. The average molecular weight is 420 g/mol. The third kappa shape index (κ3) is 4.98. The molecule has 0 spiro atoms. The Labute approximate surface area is 170 Å². The van der Waals surface area contributed by atoms with Crippen molar-refractivity contribution in [1.29, 1.82) is 0 Å². The van der Waals surface area contributed by atoms with Crippen LogP contribution in [-0.2, 0) is 14.8 Å². The van der Waals surface area contributed by atoms with E-state index in [1.54, 1.807) is 42.5 Å². The molecule has 1 fully saturated rings. The minimum atomic E-state index is -3.61. The molecule has 6 nitrogen and oxygen atoms in total. The van der Waals surface area contributed by atoms with E-state index in [9.17, 15) is 13.2 Å². The van der Waals surface area contributed by atoms with Gasteiger partial charge in [0.2, 0.25) is 15.9 Å². The molecule has 1 heterocycles. The smallest absolute Gasteiger partial charge is 0.244 e. The van der Waals surface area contributed by atoms with E-state index in [4.69, 9.17) is 11.6 Å². The number of aryl methyl sites for hydroxylation is 1. The zero-order valence-corrected chi connectivity index (χ0v) is 17.1. The van der Waals surface area contributed by atoms with E-state index in [1.807, 2.05) is 13.0 Å². The zero-order chi connectivity index (χ0) is 20.1. The van der Waals surface area contributed by atoms with Crippen molar-refractivity contribution >= 4 is 33.7 Å². The molecule has 1 aliphatic heterocycles. The molecule has 2 aromatic rings. The van der Waals surface area contributed by atoms with E-state index in [2.05, 4.69) is 10.5 Å². The summed E-state index contributed by atoms with van der Waals surface area (Å²) in [6, 6.07) is 13.8. The highest BCUT2D eigenvalue weighted by molar-refractivity contribution is 7.89. The molecule has 3 rings (SSSR count). The van der Waals surface area contributed by atoms with Crippen LogP contribution in [0.5, 0.6) is 0 Å². The van der Waals surface area contributed by atoms with Gasteiger partial charge in [0.15, 0.2) is 0 Å². The fourth-order valence-corrected chi connectivity index (χ4v) is 4.81. The highest BCUT2D eigenvalue weighted by Gasteiger charge is 2.33. The number of sulfonamides is 1. The van der Waals surface area contributed by atoms with Gasteiger partial charge in [0.25, 0.3) is 0 Å². The Morgan fingerprint density at radius 1 is 1.25 bits per heavy atom. The van der Waals surface area contributed by atoms with Gasteiger partial charge in [0, 0.05) is 18.1 Å². The molecular formula is C20H22ClN3O3S. The Morgan fingerprint density at radius 2 is 2.00 bits per heavy atom. The molecule has 1 amide bonds. The summed E-state index contributed by atoms with van der Waals surface area (Å²) in [7, 11) is -3.61. The van der Waals surface area contributed by atoms with Gasteiger partial charge >= 0.3 is 0 Å². The monoisotopic (exact) mass is 419 g/mol. The van der Waals surface area contributed by atoms with Gasteiger partial charge < -0.3 is 0 Å². The second-order valence-electron chi connectivity index (χ2n) is 6.80. The molecule has 28 heavy (non-hydrogen) atoms. The van der Waals surface area contributed by atoms with E-state index < -0.39 is 15.9 Å². The lowest BCUT2D eigenvalue weighted by Gasteiger charge is -2.30. The molecule has 0 unspecified atom stereocenters. The van der Waals surface area contributed by atoms with Gasteiger partial charge in [-0.1, -0.05) is 41.4 Å². The minimum absolute atomic E-state index is 0.148. The van der Waals surface area contributed by atoms with Crippen LogP contribution in [0.3, 0.4) is 0 Å². The first-order valence-electron chi connectivity index (χ1n) is 9.01. The standard InChI is InChI=1S/C20H22ClN3O3S/c1-15-7-9-19(10-8-15)28(26,27)24-11-3-5-17(14-24)20(25)23-22-13-16-4-2-6-18(21)12-16/h2,4,6-10,12-13,17H,3,5,11,14H2,1H3,(H,23,25)/b22-13-/t17-/m0/s1. The fourth-order valence-electron chi connectivity index (χ4n) is 3.08. The van der Waals surface area contributed by atoms with Crippen molar-refractivity contribution in [3.05, 3.63) is 64.7 Å². The van der Waals surface area contributed by atoms with Gasteiger partial charge in [-0.05, 0) is 49.6 Å². The maximum Gasteiger partial charge on any atom is 0.244 e. The second-order valence-corrected chi connectivity index (χ2v) is 9.18. The Morgan fingerprint density at radius 3 is 2.71 bits per heavy atom. The normalized spacial score (nSPS) is 18.3. The van der Waals surface area contributed by atoms with Gasteiger partial charge in [-0.25, -0.2) is 13.8 Å². The van der Waals surface area contributed by atoms with E-state index in [0.717, 1.165) is 11.1 Å². The summed E-state index contributed by atoms with van der Waals surface area (Å²) in [5.41, 5.74) is 4.26. The van der Waals surface area contributed by atoms with Crippen LogP contribution in [0.15, 0.2) is 58.5 Å². The summed E-state index contributed by atoms with van der Waals surface area (Å²) < 4.78 is 27.1. The highest BCUT2D eigenvalue weighted by Crippen LogP contribution is 2.24. The molecule has 0 aromatic heterocycles. The SMILES string of the molecule is Cc1ccc(S(=O)(=O)N2CCC[C@H](C(=O)N/N=C\c3cccc(Cl)c3)C2)cc1. The van der Waals surface area contributed by atoms with Crippen LogP contribution in [0, 0.1) is 12.8 Å². The number of rotatable bonds is 5. The minimum Gasteiger partial charge on any atom is -0.273 e. The number of benzene rings is 2. The predicted octanol–water partition coefficient (Wildman–Crippen LogP) is 3.20. The van der Waals surface area contributed by atoms with Crippen molar-refractivity contribution in [2.45, 2.75) is 24.7 Å². The van der Waals surface area contributed by atoms with Crippen molar-refractivity contribution in [2.75, 3.05) is 13.1 Å². The predicted molar refractivity (Wildman–Crippen MR) is 110 cm³/mol. The summed E-state index contributed by atoms with van der Waals surface area (Å²) in [4.78, 5) is 12.7. The maximum atomic E-state index is 12.8. The number of halogens is 1. The molecule has 0 radical (unpaired) electrons. The molecule has 1 atom stereocenters. The third-order valence-electron chi connectivity index (χ3n) is 4.65. The number of hydrogen-bond acceptors (Lipinski definition) is 4. The molecule has 1 saturated heterocycles. The molecular weight excluding hydrogens is 398 g/mol. The number of carbonyl (C=O) groups is 1. The molecule has 0 bridgehead atoms. The lowest BCUT2D eigenvalue weighted by molar-refractivity contribution is -0.126. The van der Waals surface area contributed by atoms with Gasteiger partial charge in [0.1, 0.15) is 0 Å². The summed E-state index contributed by atoms with van der Waals surface area (Å²) in [6.07, 6.45) is 2.76. The number of nitrogens with one attached hydrogen (secondary N) is 1. The topological polar surface area (TPSA) is 78.8 Å². The van der Waals surface area contributed by atoms with Crippen LogP contribution in [0.25, 0.3) is 0 Å². The van der Waals surface area contributed by atoms with Crippen LogP contribution in [0.1, 0.15) is 24.0 Å². The second kappa shape index (κ2) is 8.86. The molecule has 148 valence electrons. The number of hydrazone groups is 1. The Kier molecular flexibility index (Phi) is 6.49. The van der Waals surface area contributed by atoms with Crippen LogP contribution >= 0.6 is 11.6 Å². The maximum absolute atomic E-state index is 12.8. The van der Waals surface area contributed by atoms with Crippen LogP contribution < -0.4 is 5.43 Å². The molecule has 1 N–H and O–H groups in total. The van der Waals surface area contributed by atoms with Crippen molar-refractivity contribution in [2.24, 2.45) is 11.0 Å². The lowest BCUT2D eigenvalue weighted by atomic mass is 9.99. The van der Waals surface area contributed by atoms with Crippen molar-refractivity contribution in [1.82, 2.24) is 9.73 Å². The number of carbonyl (C=O) groups excluding carboxylic acids is 1. The first kappa shape index (κ1) is 20.5. The van der Waals surface area contributed by atoms with Crippen LogP contribution in [0.2, 0.25) is 5.02 Å². The molecule has 2 aromatic carbocycles. The van der Waals surface area contributed by atoms with Crippen molar-refractivity contribution in [3.63, 3.8) is 0 Å². The summed E-state index contributed by atoms with van der Waals surface area (Å²) in [5.74, 6) is -0.729. The Balaban J connectivity index is 1.64. The third-order valence-corrected chi connectivity index (χ3v) is 6.77. The fraction of sp³-hybridized carbons (Fsp3) is 0.300. The Hall–Kier alpha value is -2.22. The van der Waals surface area contributed by atoms with Crippen molar-refractivity contribution < 1.29 is 13.2 Å². The zero-order valence-electron chi connectivity index (χ0n) is 15.5. The first-order valence-corrected chi connectivity index (χ1v) is 10.8. The van der Waals surface area contributed by atoms with Crippen LogP contribution in [-0.4, -0.2) is 37.9 Å². The number of nitrogens with zero attached hydrogens (tertiary/aromatic N) is 2. The number of hydrogen-bond donors (Lipinski definition) is 1. The molecule has 0 aliphatic carbocycles. The van der Waals surface area contributed by atoms with Crippen LogP contribution in [0.4, 0.5) is 0 Å². The van der Waals surface area contributed by atoms with E-state index in [1.165, 1.54) is 10.5 Å². The highest BCUT2D eigenvalue weighted by atomic mass is 35.5. The van der Waals surface area contributed by atoms with Gasteiger partial charge in [-0.15, -0.1) is 0 Å². The molecule has 0 saturated carbocycles.